The van der Waals surface area contributed by atoms with E-state index in [0.29, 0.717) is 0 Å². The standard InChI is InChI=1S/C11H17NO/c1-11(13-4,12(2)3)10-8-6-5-7-9-10/h5-9H,1-4H3. The Morgan fingerprint density at radius 2 is 1.69 bits per heavy atom. The van der Waals surface area contributed by atoms with E-state index in [-0.39, 0.29) is 5.72 Å². The summed E-state index contributed by atoms with van der Waals surface area (Å²) >= 11 is 0. The minimum absolute atomic E-state index is 0.332. The van der Waals surface area contributed by atoms with E-state index in [4.69, 9.17) is 4.74 Å². The van der Waals surface area contributed by atoms with Gasteiger partial charge in [0.1, 0.15) is 5.72 Å². The molecule has 0 bridgehead atoms. The van der Waals surface area contributed by atoms with E-state index in [1.807, 2.05) is 32.3 Å². The summed E-state index contributed by atoms with van der Waals surface area (Å²) in [6.07, 6.45) is 0. The molecule has 0 radical (unpaired) electrons. The smallest absolute Gasteiger partial charge is 0.144 e. The Labute approximate surface area is 80.1 Å². The van der Waals surface area contributed by atoms with E-state index in [0.717, 1.165) is 0 Å². The summed E-state index contributed by atoms with van der Waals surface area (Å²) in [6, 6.07) is 10.2. The minimum atomic E-state index is -0.332. The molecule has 1 atom stereocenters. The van der Waals surface area contributed by atoms with Crippen LogP contribution >= 0.6 is 0 Å². The summed E-state index contributed by atoms with van der Waals surface area (Å²) in [5.74, 6) is 0. The zero-order valence-corrected chi connectivity index (χ0v) is 8.74. The van der Waals surface area contributed by atoms with Gasteiger partial charge in [0.05, 0.1) is 0 Å². The van der Waals surface area contributed by atoms with Gasteiger partial charge in [-0.15, -0.1) is 0 Å². The molecule has 0 amide bonds. The highest BCUT2D eigenvalue weighted by molar-refractivity contribution is 5.20. The molecule has 72 valence electrons. The van der Waals surface area contributed by atoms with E-state index in [1.165, 1.54) is 5.56 Å². The Kier molecular flexibility index (Phi) is 3.07. The predicted octanol–water partition coefficient (Wildman–Crippen LogP) is 2.07. The molecule has 0 aromatic heterocycles. The van der Waals surface area contributed by atoms with Crippen molar-refractivity contribution >= 4 is 0 Å². The first kappa shape index (κ1) is 10.2. The highest BCUT2D eigenvalue weighted by Crippen LogP contribution is 2.25. The van der Waals surface area contributed by atoms with Gasteiger partial charge in [-0.25, -0.2) is 0 Å². The first-order valence-corrected chi connectivity index (χ1v) is 4.39. The lowest BCUT2D eigenvalue weighted by molar-refractivity contribution is -0.106. The molecule has 0 saturated carbocycles. The van der Waals surface area contributed by atoms with Gasteiger partial charge in [0.15, 0.2) is 0 Å². The van der Waals surface area contributed by atoms with Crippen LogP contribution in [0.5, 0.6) is 0 Å². The molecule has 0 spiro atoms. The van der Waals surface area contributed by atoms with Gasteiger partial charge in [-0.3, -0.25) is 4.90 Å². The molecule has 0 saturated heterocycles. The van der Waals surface area contributed by atoms with Crippen LogP contribution in [0.1, 0.15) is 12.5 Å². The van der Waals surface area contributed by atoms with Crippen LogP contribution in [0.2, 0.25) is 0 Å². The molecule has 1 aromatic rings. The number of methoxy groups -OCH3 is 1. The second-order valence-corrected chi connectivity index (χ2v) is 3.45. The molecule has 0 aliphatic rings. The third-order valence-corrected chi connectivity index (χ3v) is 2.56. The van der Waals surface area contributed by atoms with Gasteiger partial charge in [0, 0.05) is 7.11 Å². The largest absolute Gasteiger partial charge is 0.360 e. The fourth-order valence-electron chi connectivity index (χ4n) is 1.31. The number of benzene rings is 1. The van der Waals surface area contributed by atoms with E-state index >= 15 is 0 Å². The van der Waals surface area contributed by atoms with Crippen molar-refractivity contribution in [3.05, 3.63) is 35.9 Å². The Hall–Kier alpha value is -0.860. The molecule has 1 unspecified atom stereocenters. The zero-order valence-electron chi connectivity index (χ0n) is 8.74. The van der Waals surface area contributed by atoms with Crippen molar-refractivity contribution in [1.82, 2.24) is 4.90 Å². The average Bonchev–Trinajstić information content (AvgIpc) is 2.17. The molecule has 0 aliphatic heterocycles. The lowest BCUT2D eigenvalue weighted by atomic mass is 10.0. The maximum atomic E-state index is 5.51. The van der Waals surface area contributed by atoms with Crippen LogP contribution in [0, 0.1) is 0 Å². The number of ether oxygens (including phenoxy) is 1. The normalized spacial score (nSPS) is 15.8. The summed E-state index contributed by atoms with van der Waals surface area (Å²) in [7, 11) is 5.75. The number of hydrogen-bond donors (Lipinski definition) is 0. The molecular formula is C11H17NO. The van der Waals surface area contributed by atoms with Crippen LogP contribution in [0.15, 0.2) is 30.3 Å². The van der Waals surface area contributed by atoms with Gasteiger partial charge >= 0.3 is 0 Å². The van der Waals surface area contributed by atoms with Crippen LogP contribution in [0.25, 0.3) is 0 Å². The maximum Gasteiger partial charge on any atom is 0.144 e. The molecule has 1 aromatic carbocycles. The second kappa shape index (κ2) is 3.90. The first-order valence-electron chi connectivity index (χ1n) is 4.39. The lowest BCUT2D eigenvalue weighted by Gasteiger charge is -2.35. The SMILES string of the molecule is COC(C)(c1ccccc1)N(C)C. The summed E-state index contributed by atoms with van der Waals surface area (Å²) in [5.41, 5.74) is 0.837. The minimum Gasteiger partial charge on any atom is -0.360 e. The van der Waals surface area contributed by atoms with Crippen molar-refractivity contribution in [2.24, 2.45) is 0 Å². The van der Waals surface area contributed by atoms with Gasteiger partial charge in [-0.05, 0) is 26.6 Å². The Balaban J connectivity index is 3.03. The molecule has 2 nitrogen and oxygen atoms in total. The van der Waals surface area contributed by atoms with Crippen LogP contribution in [-0.4, -0.2) is 26.1 Å². The number of nitrogens with zero attached hydrogens (tertiary/aromatic N) is 1. The van der Waals surface area contributed by atoms with Gasteiger partial charge < -0.3 is 4.74 Å². The molecule has 0 fully saturated rings. The van der Waals surface area contributed by atoms with Crippen molar-refractivity contribution in [1.29, 1.82) is 0 Å². The van der Waals surface area contributed by atoms with Crippen LogP contribution in [-0.2, 0) is 10.5 Å². The van der Waals surface area contributed by atoms with E-state index in [1.54, 1.807) is 7.11 Å². The molecule has 0 aliphatic carbocycles. The van der Waals surface area contributed by atoms with Crippen molar-refractivity contribution in [2.45, 2.75) is 12.6 Å². The predicted molar refractivity (Wildman–Crippen MR) is 54.5 cm³/mol. The summed E-state index contributed by atoms with van der Waals surface area (Å²) in [6.45, 7) is 2.06. The third kappa shape index (κ3) is 1.90. The number of hydrogen-bond acceptors (Lipinski definition) is 2. The molecule has 2 heteroatoms. The Morgan fingerprint density at radius 3 is 2.08 bits per heavy atom. The fraction of sp³-hybridized carbons (Fsp3) is 0.455. The van der Waals surface area contributed by atoms with Crippen LogP contribution in [0.3, 0.4) is 0 Å². The number of rotatable bonds is 3. The van der Waals surface area contributed by atoms with Crippen molar-refractivity contribution < 1.29 is 4.74 Å². The quantitative estimate of drug-likeness (QED) is 0.659. The molecule has 1 rings (SSSR count). The van der Waals surface area contributed by atoms with Gasteiger partial charge in [-0.2, -0.15) is 0 Å². The Morgan fingerprint density at radius 1 is 1.15 bits per heavy atom. The summed E-state index contributed by atoms with van der Waals surface area (Å²) in [5, 5.41) is 0. The van der Waals surface area contributed by atoms with Gasteiger partial charge in [0.2, 0.25) is 0 Å². The summed E-state index contributed by atoms with van der Waals surface area (Å²) in [4.78, 5) is 2.06. The average molecular weight is 179 g/mol. The van der Waals surface area contributed by atoms with Gasteiger partial charge in [0.25, 0.3) is 0 Å². The van der Waals surface area contributed by atoms with Crippen molar-refractivity contribution in [2.75, 3.05) is 21.2 Å². The topological polar surface area (TPSA) is 12.5 Å². The molecule has 0 N–H and O–H groups in total. The fourth-order valence-corrected chi connectivity index (χ4v) is 1.31. The molecule has 13 heavy (non-hydrogen) atoms. The van der Waals surface area contributed by atoms with Crippen LogP contribution < -0.4 is 0 Å². The van der Waals surface area contributed by atoms with Crippen molar-refractivity contribution in [3.63, 3.8) is 0 Å². The van der Waals surface area contributed by atoms with Gasteiger partial charge in [-0.1, -0.05) is 30.3 Å². The second-order valence-electron chi connectivity index (χ2n) is 3.45. The maximum absolute atomic E-state index is 5.51. The Bertz CT molecular complexity index is 258. The molecular weight excluding hydrogens is 162 g/mol. The van der Waals surface area contributed by atoms with Crippen molar-refractivity contribution in [3.8, 4) is 0 Å². The summed E-state index contributed by atoms with van der Waals surface area (Å²) < 4.78 is 5.51. The highest BCUT2D eigenvalue weighted by atomic mass is 16.5. The van der Waals surface area contributed by atoms with E-state index in [2.05, 4.69) is 24.0 Å². The molecule has 0 heterocycles. The van der Waals surface area contributed by atoms with E-state index < -0.39 is 0 Å². The highest BCUT2D eigenvalue weighted by Gasteiger charge is 2.27. The first-order chi connectivity index (χ1) is 6.11. The third-order valence-electron chi connectivity index (χ3n) is 2.56. The monoisotopic (exact) mass is 179 g/mol. The lowest BCUT2D eigenvalue weighted by Crippen LogP contribution is -2.40. The zero-order chi connectivity index (χ0) is 9.90. The van der Waals surface area contributed by atoms with E-state index in [9.17, 15) is 0 Å². The van der Waals surface area contributed by atoms with Crippen LogP contribution in [0.4, 0.5) is 0 Å².